The van der Waals surface area contributed by atoms with Gasteiger partial charge in [-0.1, -0.05) is 13.8 Å². The van der Waals surface area contributed by atoms with E-state index in [0.717, 1.165) is 0 Å². The predicted molar refractivity (Wildman–Crippen MR) is 113 cm³/mol. The van der Waals surface area contributed by atoms with Gasteiger partial charge in [0.25, 0.3) is 0 Å². The fourth-order valence-electron chi connectivity index (χ4n) is 3.17. The molecule has 9 heteroatoms. The second kappa shape index (κ2) is 8.79. The van der Waals surface area contributed by atoms with Crippen molar-refractivity contribution in [1.29, 1.82) is 5.26 Å². The van der Waals surface area contributed by atoms with Crippen LogP contribution in [0.5, 0.6) is 5.75 Å². The first-order valence-electron chi connectivity index (χ1n) is 9.48. The van der Waals surface area contributed by atoms with Gasteiger partial charge in [0.1, 0.15) is 22.8 Å². The average Bonchev–Trinajstić information content (AvgIpc) is 3.23. The quantitative estimate of drug-likeness (QED) is 0.540. The van der Waals surface area contributed by atoms with Gasteiger partial charge in [-0.25, -0.2) is 14.6 Å². The van der Waals surface area contributed by atoms with Crippen molar-refractivity contribution in [1.82, 2.24) is 0 Å². The van der Waals surface area contributed by atoms with E-state index in [-0.39, 0.29) is 0 Å². The summed E-state index contributed by atoms with van der Waals surface area (Å²) in [5, 5.41) is 10.2. The van der Waals surface area contributed by atoms with Crippen LogP contribution in [0.15, 0.2) is 33.8 Å². The number of carbonyl (C=O) groups excluding carboxylic acids is 2. The highest BCUT2D eigenvalue weighted by atomic mass is 32.2. The number of ether oxygens (including phenoxy) is 4. The van der Waals surface area contributed by atoms with Gasteiger partial charge in [-0.15, -0.1) is 10.9 Å². The van der Waals surface area contributed by atoms with Crippen LogP contribution in [-0.4, -0.2) is 42.4 Å². The third kappa shape index (κ3) is 4.14. The molecule has 30 heavy (non-hydrogen) atoms. The molecule has 0 aliphatic carbocycles. The number of nitrogens with zero attached hydrogens (tertiary/aromatic N) is 2. The van der Waals surface area contributed by atoms with E-state index in [1.54, 1.807) is 32.0 Å². The highest BCUT2D eigenvalue weighted by Crippen LogP contribution is 2.53. The maximum atomic E-state index is 12.5. The largest absolute Gasteiger partial charge is 0.509 e. The standard InChI is InChI=1S/C21H24N2O6S/c1-11(2)10-27-16-7-6-14(8-15(16)9-22)18-23-12(3)17(19(24)26-5)30(18)20-13(4)28-21(25)29-20/h6-8,11,13,20,30H,10H2,1-5H3. The molecule has 0 radical (unpaired) electrons. The Bertz CT molecular complexity index is 978. The Morgan fingerprint density at radius 2 is 2.10 bits per heavy atom. The number of rotatable bonds is 6. The van der Waals surface area contributed by atoms with Crippen LogP contribution >= 0.6 is 10.9 Å². The average molecular weight is 432 g/mol. The lowest BCUT2D eigenvalue weighted by atomic mass is 10.1. The van der Waals surface area contributed by atoms with Crippen LogP contribution in [0.2, 0.25) is 0 Å². The Kier molecular flexibility index (Phi) is 6.37. The monoisotopic (exact) mass is 432 g/mol. The van der Waals surface area contributed by atoms with E-state index >= 15 is 0 Å². The number of aliphatic imine (C=N–C) groups is 1. The lowest BCUT2D eigenvalue weighted by Crippen LogP contribution is -2.25. The zero-order valence-corrected chi connectivity index (χ0v) is 18.4. The second-order valence-corrected chi connectivity index (χ2v) is 9.46. The van der Waals surface area contributed by atoms with E-state index in [1.807, 2.05) is 13.8 Å². The maximum Gasteiger partial charge on any atom is 0.509 e. The minimum Gasteiger partial charge on any atom is -0.492 e. The fraction of sp³-hybridized carbons (Fsp3) is 0.429. The van der Waals surface area contributed by atoms with E-state index in [2.05, 4.69) is 11.1 Å². The van der Waals surface area contributed by atoms with Gasteiger partial charge in [0.2, 0.25) is 0 Å². The summed E-state index contributed by atoms with van der Waals surface area (Å²) in [6.07, 6.45) is -1.33. The van der Waals surface area contributed by atoms with Crippen molar-refractivity contribution in [2.75, 3.05) is 13.7 Å². The smallest absolute Gasteiger partial charge is 0.492 e. The topological polar surface area (TPSA) is 107 Å². The molecule has 0 amide bonds. The van der Waals surface area contributed by atoms with Crippen molar-refractivity contribution in [2.45, 2.75) is 39.2 Å². The van der Waals surface area contributed by atoms with Crippen molar-refractivity contribution in [3.8, 4) is 11.8 Å². The Morgan fingerprint density at radius 1 is 1.37 bits per heavy atom. The molecular weight excluding hydrogens is 408 g/mol. The predicted octanol–water partition coefficient (Wildman–Crippen LogP) is 3.64. The first-order valence-corrected chi connectivity index (χ1v) is 10.9. The molecule has 3 unspecified atom stereocenters. The van der Waals surface area contributed by atoms with Crippen LogP contribution in [0.3, 0.4) is 0 Å². The number of nitriles is 1. The van der Waals surface area contributed by atoms with E-state index in [0.29, 0.717) is 45.0 Å². The maximum absolute atomic E-state index is 12.5. The van der Waals surface area contributed by atoms with Gasteiger partial charge >= 0.3 is 12.1 Å². The molecule has 2 aliphatic heterocycles. The van der Waals surface area contributed by atoms with Crippen LogP contribution in [0, 0.1) is 17.2 Å². The van der Waals surface area contributed by atoms with Crippen LogP contribution in [0.1, 0.15) is 38.8 Å². The Morgan fingerprint density at radius 3 is 2.67 bits per heavy atom. The number of methoxy groups -OCH3 is 1. The summed E-state index contributed by atoms with van der Waals surface area (Å²) in [7, 11) is -0.213. The molecule has 1 aromatic carbocycles. The molecular formula is C21H24N2O6S. The number of cyclic esters (lactones) is 2. The third-order valence-corrected chi connectivity index (χ3v) is 7.39. The second-order valence-electron chi connectivity index (χ2n) is 7.34. The van der Waals surface area contributed by atoms with Crippen molar-refractivity contribution in [2.24, 2.45) is 10.9 Å². The lowest BCUT2D eigenvalue weighted by Gasteiger charge is -2.27. The zero-order chi connectivity index (χ0) is 22.0. The van der Waals surface area contributed by atoms with Crippen LogP contribution in [-0.2, 0) is 19.0 Å². The van der Waals surface area contributed by atoms with Crippen LogP contribution in [0.4, 0.5) is 4.79 Å². The summed E-state index contributed by atoms with van der Waals surface area (Å²) < 4.78 is 21.2. The van der Waals surface area contributed by atoms with Crippen molar-refractivity contribution in [3.05, 3.63) is 39.9 Å². The van der Waals surface area contributed by atoms with Gasteiger partial charge < -0.3 is 18.9 Å². The molecule has 0 N–H and O–H groups in total. The zero-order valence-electron chi connectivity index (χ0n) is 17.5. The minimum absolute atomic E-state index is 0.316. The summed E-state index contributed by atoms with van der Waals surface area (Å²) in [5.41, 5.74) is 0.836. The normalized spacial score (nSPS) is 24.2. The van der Waals surface area contributed by atoms with Crippen LogP contribution in [0.25, 0.3) is 0 Å². The lowest BCUT2D eigenvalue weighted by molar-refractivity contribution is -0.135. The number of hydrogen-bond donors (Lipinski definition) is 1. The van der Waals surface area contributed by atoms with Crippen molar-refractivity contribution < 1.29 is 28.5 Å². The molecule has 2 heterocycles. The van der Waals surface area contributed by atoms with Gasteiger partial charge in [0.05, 0.1) is 30.0 Å². The summed E-state index contributed by atoms with van der Waals surface area (Å²) in [4.78, 5) is 29.2. The van der Waals surface area contributed by atoms with Gasteiger partial charge in [-0.3, -0.25) is 0 Å². The SMILES string of the molecule is COC(=O)C1=C(C)N=C(c2ccc(OCC(C)C)c(C#N)c2)[SH]1C1OC(=O)OC1C. The van der Waals surface area contributed by atoms with Gasteiger partial charge in [-0.05, 0) is 38.0 Å². The Labute approximate surface area is 177 Å². The molecule has 0 aromatic heterocycles. The third-order valence-electron chi connectivity index (χ3n) is 4.55. The number of allylic oxidation sites excluding steroid dienone is 1. The van der Waals surface area contributed by atoms with Gasteiger partial charge in [0.15, 0.2) is 5.44 Å². The van der Waals surface area contributed by atoms with Gasteiger partial charge in [-0.2, -0.15) is 5.26 Å². The number of benzene rings is 1. The van der Waals surface area contributed by atoms with Crippen molar-refractivity contribution in [3.63, 3.8) is 0 Å². The Hall–Kier alpha value is -2.99. The fourth-order valence-corrected chi connectivity index (χ4v) is 5.91. The summed E-state index contributed by atoms with van der Waals surface area (Å²) >= 11 is 0. The molecule has 0 bridgehead atoms. The molecule has 2 aliphatic rings. The van der Waals surface area contributed by atoms with Gasteiger partial charge in [0, 0.05) is 5.56 Å². The van der Waals surface area contributed by atoms with E-state index < -0.39 is 34.6 Å². The summed E-state index contributed by atoms with van der Waals surface area (Å²) in [6, 6.07) is 7.34. The number of esters is 1. The molecule has 1 fully saturated rings. The first kappa shape index (κ1) is 21.7. The molecule has 160 valence electrons. The molecule has 3 rings (SSSR count). The molecule has 1 saturated heterocycles. The number of carbonyl (C=O) groups is 2. The molecule has 3 atom stereocenters. The van der Waals surface area contributed by atoms with E-state index in [9.17, 15) is 14.9 Å². The van der Waals surface area contributed by atoms with E-state index in [4.69, 9.17) is 18.9 Å². The van der Waals surface area contributed by atoms with E-state index in [1.165, 1.54) is 7.11 Å². The summed E-state index contributed by atoms with van der Waals surface area (Å²) in [6.45, 7) is 7.96. The highest BCUT2D eigenvalue weighted by molar-refractivity contribution is 8.34. The Balaban J connectivity index is 2.01. The minimum atomic E-state index is -1.51. The van der Waals surface area contributed by atoms with Crippen molar-refractivity contribution >= 4 is 28.1 Å². The molecule has 1 aromatic rings. The molecule has 0 spiro atoms. The highest BCUT2D eigenvalue weighted by Gasteiger charge is 2.46. The molecule has 8 nitrogen and oxygen atoms in total. The molecule has 0 saturated carbocycles. The first-order chi connectivity index (χ1) is 14.3. The number of hydrogen-bond acceptors (Lipinski definition) is 8. The number of thiol groups is 1. The summed E-state index contributed by atoms with van der Waals surface area (Å²) in [5.74, 6) is 0.279. The van der Waals surface area contributed by atoms with Crippen LogP contribution < -0.4 is 4.74 Å².